The van der Waals surface area contributed by atoms with E-state index in [0.29, 0.717) is 27.7 Å². The van der Waals surface area contributed by atoms with Crippen LogP contribution < -0.4 is 10.6 Å². The van der Waals surface area contributed by atoms with Crippen LogP contribution >= 0.6 is 35.0 Å². The van der Waals surface area contributed by atoms with Gasteiger partial charge < -0.3 is 10.6 Å². The van der Waals surface area contributed by atoms with Crippen molar-refractivity contribution in [1.82, 2.24) is 4.98 Å². The molecule has 0 radical (unpaired) electrons. The maximum Gasteiger partial charge on any atom is 0.149 e. The van der Waals surface area contributed by atoms with Gasteiger partial charge in [0, 0.05) is 18.8 Å². The van der Waals surface area contributed by atoms with Gasteiger partial charge in [0.2, 0.25) is 0 Å². The summed E-state index contributed by atoms with van der Waals surface area (Å²) in [6, 6.07) is 1.96. The Labute approximate surface area is 110 Å². The molecule has 1 rings (SSSR count). The zero-order valence-electron chi connectivity index (χ0n) is 9.50. The molecule has 1 unspecified atom stereocenters. The third-order valence-corrected chi connectivity index (χ3v) is 3.74. The average molecular weight is 280 g/mol. The predicted octanol–water partition coefficient (Wildman–Crippen LogP) is 3.16. The summed E-state index contributed by atoms with van der Waals surface area (Å²) in [5.41, 5.74) is 5.67. The van der Waals surface area contributed by atoms with Gasteiger partial charge in [-0.2, -0.15) is 11.8 Å². The van der Waals surface area contributed by atoms with Crippen molar-refractivity contribution in [2.45, 2.75) is 13.0 Å². The molecule has 0 amide bonds. The summed E-state index contributed by atoms with van der Waals surface area (Å²) >= 11 is 13.7. The number of hydrogen-bond donors (Lipinski definition) is 1. The fraction of sp³-hybridized carbons (Fsp3) is 0.500. The van der Waals surface area contributed by atoms with Crippen LogP contribution in [0.2, 0.25) is 10.0 Å². The molecular weight excluding hydrogens is 265 g/mol. The second kappa shape index (κ2) is 5.84. The van der Waals surface area contributed by atoms with Crippen LogP contribution in [-0.4, -0.2) is 30.1 Å². The monoisotopic (exact) mass is 279 g/mol. The van der Waals surface area contributed by atoms with Crippen molar-refractivity contribution in [1.29, 1.82) is 0 Å². The van der Waals surface area contributed by atoms with E-state index >= 15 is 0 Å². The number of halogens is 2. The molecule has 0 saturated carbocycles. The number of nitrogens with two attached hydrogens (primary N) is 1. The second-order valence-electron chi connectivity index (χ2n) is 3.58. The first-order valence-electron chi connectivity index (χ1n) is 4.80. The molecule has 6 heteroatoms. The van der Waals surface area contributed by atoms with Gasteiger partial charge in [0.05, 0.1) is 10.0 Å². The Kier molecular flexibility index (Phi) is 5.02. The molecule has 1 atom stereocenters. The van der Waals surface area contributed by atoms with E-state index in [4.69, 9.17) is 28.9 Å². The van der Waals surface area contributed by atoms with E-state index in [1.165, 1.54) is 0 Å². The van der Waals surface area contributed by atoms with Crippen molar-refractivity contribution >= 4 is 46.6 Å². The molecule has 16 heavy (non-hydrogen) atoms. The zero-order valence-corrected chi connectivity index (χ0v) is 11.8. The third kappa shape index (κ3) is 3.09. The van der Waals surface area contributed by atoms with Crippen molar-refractivity contribution in [2.24, 2.45) is 0 Å². The summed E-state index contributed by atoms with van der Waals surface area (Å²) in [7, 11) is 1.95. The number of hydrogen-bond acceptors (Lipinski definition) is 4. The first-order valence-corrected chi connectivity index (χ1v) is 6.95. The molecule has 1 aromatic heterocycles. The maximum absolute atomic E-state index is 6.09. The highest BCUT2D eigenvalue weighted by atomic mass is 35.5. The number of nitrogen functional groups attached to an aromatic ring is 1. The lowest BCUT2D eigenvalue weighted by atomic mass is 10.3. The molecule has 1 aromatic rings. The molecule has 0 aromatic carbocycles. The molecule has 0 aliphatic heterocycles. The summed E-state index contributed by atoms with van der Waals surface area (Å²) in [5.74, 6) is 1.98. The van der Waals surface area contributed by atoms with Crippen LogP contribution in [0.4, 0.5) is 11.6 Å². The van der Waals surface area contributed by atoms with Gasteiger partial charge in [0.25, 0.3) is 0 Å². The lowest BCUT2D eigenvalue weighted by molar-refractivity contribution is 0.754. The van der Waals surface area contributed by atoms with Gasteiger partial charge in [0.1, 0.15) is 11.6 Å². The first kappa shape index (κ1) is 13.7. The predicted molar refractivity (Wildman–Crippen MR) is 74.9 cm³/mol. The van der Waals surface area contributed by atoms with Crippen LogP contribution in [0.3, 0.4) is 0 Å². The summed E-state index contributed by atoms with van der Waals surface area (Å²) in [6.45, 7) is 2.11. The molecule has 0 aliphatic carbocycles. The number of thioether (sulfide) groups is 1. The minimum atomic E-state index is 0.310. The van der Waals surface area contributed by atoms with E-state index in [1.807, 2.05) is 11.9 Å². The number of anilines is 2. The molecule has 0 bridgehead atoms. The van der Waals surface area contributed by atoms with E-state index < -0.39 is 0 Å². The highest BCUT2D eigenvalue weighted by Gasteiger charge is 2.15. The fourth-order valence-corrected chi connectivity index (χ4v) is 2.48. The highest BCUT2D eigenvalue weighted by Crippen LogP contribution is 2.30. The maximum atomic E-state index is 6.09. The Bertz CT molecular complexity index is 373. The molecule has 0 spiro atoms. The molecule has 1 heterocycles. The van der Waals surface area contributed by atoms with Crippen LogP contribution in [0.25, 0.3) is 0 Å². The molecule has 0 fully saturated rings. The normalized spacial score (nSPS) is 12.6. The van der Waals surface area contributed by atoms with Gasteiger partial charge in [-0.15, -0.1) is 0 Å². The largest absolute Gasteiger partial charge is 0.382 e. The van der Waals surface area contributed by atoms with Crippen molar-refractivity contribution in [3.05, 3.63) is 16.1 Å². The Balaban J connectivity index is 2.99. The SMILES string of the molecule is CSCC(C)N(C)c1nc(N)c(Cl)cc1Cl. The van der Waals surface area contributed by atoms with Crippen molar-refractivity contribution < 1.29 is 0 Å². The van der Waals surface area contributed by atoms with Gasteiger partial charge >= 0.3 is 0 Å². The van der Waals surface area contributed by atoms with Crippen molar-refractivity contribution in [3.63, 3.8) is 0 Å². The Morgan fingerprint density at radius 1 is 1.50 bits per heavy atom. The second-order valence-corrected chi connectivity index (χ2v) is 5.30. The summed E-state index contributed by atoms with van der Waals surface area (Å²) in [4.78, 5) is 6.21. The van der Waals surface area contributed by atoms with Crippen LogP contribution in [-0.2, 0) is 0 Å². The quantitative estimate of drug-likeness (QED) is 0.920. The van der Waals surface area contributed by atoms with Crippen LogP contribution in [0.1, 0.15) is 6.92 Å². The minimum absolute atomic E-state index is 0.310. The number of pyridine rings is 1. The van der Waals surface area contributed by atoms with Gasteiger partial charge in [-0.05, 0) is 19.2 Å². The van der Waals surface area contributed by atoms with Gasteiger partial charge in [-0.1, -0.05) is 23.2 Å². The zero-order chi connectivity index (χ0) is 12.3. The average Bonchev–Trinajstić information content (AvgIpc) is 2.23. The molecule has 0 aliphatic rings. The third-order valence-electron chi connectivity index (χ3n) is 2.34. The Morgan fingerprint density at radius 2 is 2.12 bits per heavy atom. The van der Waals surface area contributed by atoms with E-state index in [2.05, 4.69) is 18.2 Å². The van der Waals surface area contributed by atoms with Gasteiger partial charge in [-0.3, -0.25) is 0 Å². The molecular formula is C10H15Cl2N3S. The smallest absolute Gasteiger partial charge is 0.149 e. The Hall–Kier alpha value is -0.320. The van der Waals surface area contributed by atoms with E-state index in [0.717, 1.165) is 5.75 Å². The number of aromatic nitrogens is 1. The molecule has 2 N–H and O–H groups in total. The van der Waals surface area contributed by atoms with Crippen molar-refractivity contribution in [3.8, 4) is 0 Å². The van der Waals surface area contributed by atoms with Crippen LogP contribution in [0.5, 0.6) is 0 Å². The molecule has 0 saturated heterocycles. The fourth-order valence-electron chi connectivity index (χ4n) is 1.28. The van der Waals surface area contributed by atoms with E-state index in [9.17, 15) is 0 Å². The Morgan fingerprint density at radius 3 is 2.69 bits per heavy atom. The van der Waals surface area contributed by atoms with Crippen molar-refractivity contribution in [2.75, 3.05) is 29.7 Å². The van der Waals surface area contributed by atoms with E-state index in [-0.39, 0.29) is 0 Å². The summed E-state index contributed by atoms with van der Waals surface area (Å²) in [5, 5.41) is 0.911. The summed E-state index contributed by atoms with van der Waals surface area (Å²) < 4.78 is 0. The van der Waals surface area contributed by atoms with Gasteiger partial charge in [0.15, 0.2) is 0 Å². The first-order chi connectivity index (χ1) is 7.47. The van der Waals surface area contributed by atoms with Crippen LogP contribution in [0.15, 0.2) is 6.07 Å². The van der Waals surface area contributed by atoms with E-state index in [1.54, 1.807) is 17.8 Å². The standard InChI is InChI=1S/C10H15Cl2N3S/c1-6(5-16-3)15(2)10-8(12)4-7(11)9(13)14-10/h4,6H,5H2,1-3H3,(H2,13,14). The molecule has 90 valence electrons. The lowest BCUT2D eigenvalue weighted by Gasteiger charge is -2.26. The lowest BCUT2D eigenvalue weighted by Crippen LogP contribution is -2.31. The topological polar surface area (TPSA) is 42.2 Å². The number of rotatable bonds is 4. The highest BCUT2D eigenvalue weighted by molar-refractivity contribution is 7.98. The molecule has 3 nitrogen and oxygen atoms in total. The van der Waals surface area contributed by atoms with Crippen LogP contribution in [0, 0.1) is 0 Å². The number of nitrogens with zero attached hydrogens (tertiary/aromatic N) is 2. The van der Waals surface area contributed by atoms with Gasteiger partial charge in [-0.25, -0.2) is 4.98 Å². The minimum Gasteiger partial charge on any atom is -0.382 e. The summed E-state index contributed by atoms with van der Waals surface area (Å²) in [6.07, 6.45) is 2.07.